The van der Waals surface area contributed by atoms with Crippen LogP contribution in [0.25, 0.3) is 11.1 Å². The van der Waals surface area contributed by atoms with Gasteiger partial charge in [-0.1, -0.05) is 64.0 Å². The monoisotopic (exact) mass is 420 g/mol. The van der Waals surface area contributed by atoms with E-state index in [-0.39, 0.29) is 0 Å². The summed E-state index contributed by atoms with van der Waals surface area (Å²) in [6.07, 6.45) is 6.80. The average molecular weight is 421 g/mol. The minimum absolute atomic E-state index is 0.356. The van der Waals surface area contributed by atoms with Gasteiger partial charge in [-0.25, -0.2) is 9.59 Å². The van der Waals surface area contributed by atoms with E-state index in [1.165, 1.54) is 25.7 Å². The quantitative estimate of drug-likeness (QED) is 0.173. The van der Waals surface area contributed by atoms with Crippen LogP contribution in [0.5, 0.6) is 11.5 Å². The third-order valence-electron chi connectivity index (χ3n) is 4.91. The zero-order valence-corrected chi connectivity index (χ0v) is 18.8. The maximum absolute atomic E-state index is 11.9. The van der Waals surface area contributed by atoms with Crippen LogP contribution in [-0.4, -0.2) is 11.9 Å². The lowest BCUT2D eigenvalue weighted by Crippen LogP contribution is -2.08. The number of hydrogen-bond donors (Lipinski definition) is 0. The van der Waals surface area contributed by atoms with Gasteiger partial charge in [0.05, 0.1) is 0 Å². The zero-order valence-electron chi connectivity index (χ0n) is 18.8. The fourth-order valence-corrected chi connectivity index (χ4v) is 3.13. The van der Waals surface area contributed by atoms with E-state index in [0.29, 0.717) is 22.6 Å². The highest BCUT2D eigenvalue weighted by molar-refractivity contribution is 5.89. The number of aryl methyl sites for hydroxylation is 1. The highest BCUT2D eigenvalue weighted by Gasteiger charge is 2.12. The van der Waals surface area contributed by atoms with Gasteiger partial charge in [0.25, 0.3) is 0 Å². The van der Waals surface area contributed by atoms with Crippen molar-refractivity contribution in [3.05, 3.63) is 72.3 Å². The molecule has 0 N–H and O–H groups in total. The van der Waals surface area contributed by atoms with Gasteiger partial charge in [-0.2, -0.15) is 0 Å². The van der Waals surface area contributed by atoms with Crippen molar-refractivity contribution < 1.29 is 19.1 Å². The Morgan fingerprint density at radius 2 is 1.32 bits per heavy atom. The molecule has 0 bridgehead atoms. The van der Waals surface area contributed by atoms with Crippen molar-refractivity contribution in [1.29, 1.82) is 0 Å². The molecule has 0 aliphatic heterocycles. The molecule has 0 radical (unpaired) electrons. The molecule has 0 aliphatic carbocycles. The minimum atomic E-state index is -0.441. The van der Waals surface area contributed by atoms with Gasteiger partial charge in [-0.15, -0.1) is 0 Å². The van der Waals surface area contributed by atoms with Crippen LogP contribution < -0.4 is 9.47 Å². The molecule has 2 aromatic rings. The van der Waals surface area contributed by atoms with Crippen molar-refractivity contribution >= 4 is 11.9 Å². The predicted octanol–water partition coefficient (Wildman–Crippen LogP) is 6.83. The van der Waals surface area contributed by atoms with Crippen LogP contribution in [0.4, 0.5) is 0 Å². The lowest BCUT2D eigenvalue weighted by molar-refractivity contribution is -0.130. The van der Waals surface area contributed by atoms with E-state index in [1.807, 2.05) is 24.3 Å². The summed E-state index contributed by atoms with van der Waals surface area (Å²) in [7, 11) is 0. The van der Waals surface area contributed by atoms with Crippen LogP contribution in [0.15, 0.2) is 66.8 Å². The molecule has 4 nitrogen and oxygen atoms in total. The molecular formula is C27H32O4. The van der Waals surface area contributed by atoms with E-state index >= 15 is 0 Å². The molecule has 0 saturated carbocycles. The average Bonchev–Trinajstić information content (AvgIpc) is 2.74. The van der Waals surface area contributed by atoms with E-state index in [1.54, 1.807) is 32.0 Å². The Morgan fingerprint density at radius 1 is 0.774 bits per heavy atom. The van der Waals surface area contributed by atoms with Crippen LogP contribution >= 0.6 is 0 Å². The van der Waals surface area contributed by atoms with E-state index in [4.69, 9.17) is 9.47 Å². The molecule has 0 atom stereocenters. The highest BCUT2D eigenvalue weighted by atomic mass is 16.5. The normalized spacial score (nSPS) is 10.4. The lowest BCUT2D eigenvalue weighted by atomic mass is 9.95. The fourth-order valence-electron chi connectivity index (χ4n) is 3.13. The standard InChI is InChI=1S/C27H32O4/c1-6-7-8-9-10-11-22-18-24(31-27(29)20(4)5)16-17-25(22)21-12-14-23(15-13-21)30-26(28)19(2)3/h12-18H,2,4,6-11H2,1,3,5H3. The zero-order chi connectivity index (χ0) is 22.8. The summed E-state index contributed by atoms with van der Waals surface area (Å²) in [5, 5.41) is 0. The SMILES string of the molecule is C=C(C)C(=O)Oc1ccc(-c2ccc(OC(=O)C(=C)C)cc2CCCCCCC)cc1. The Hall–Kier alpha value is -3.14. The molecule has 2 rings (SSSR count). The Kier molecular flexibility index (Phi) is 9.26. The molecule has 4 heteroatoms. The number of carbonyl (C=O) groups excluding carboxylic acids is 2. The fraction of sp³-hybridized carbons (Fsp3) is 0.333. The van der Waals surface area contributed by atoms with Crippen LogP contribution in [-0.2, 0) is 16.0 Å². The highest BCUT2D eigenvalue weighted by Crippen LogP contribution is 2.30. The van der Waals surface area contributed by atoms with Gasteiger partial charge in [0, 0.05) is 11.1 Å². The topological polar surface area (TPSA) is 52.6 Å². The molecule has 0 fully saturated rings. The predicted molar refractivity (Wildman–Crippen MR) is 125 cm³/mol. The smallest absolute Gasteiger partial charge is 0.338 e. The summed E-state index contributed by atoms with van der Waals surface area (Å²) < 4.78 is 10.7. The number of hydrogen-bond acceptors (Lipinski definition) is 4. The largest absolute Gasteiger partial charge is 0.423 e. The van der Waals surface area contributed by atoms with Crippen molar-refractivity contribution in [2.75, 3.05) is 0 Å². The molecule has 0 heterocycles. The van der Waals surface area contributed by atoms with Crippen molar-refractivity contribution in [3.8, 4) is 22.6 Å². The van der Waals surface area contributed by atoms with Gasteiger partial charge in [0.1, 0.15) is 11.5 Å². The second-order valence-electron chi connectivity index (χ2n) is 7.85. The maximum Gasteiger partial charge on any atom is 0.338 e. The number of rotatable bonds is 11. The van der Waals surface area contributed by atoms with Crippen LogP contribution in [0.3, 0.4) is 0 Å². The molecule has 2 aromatic carbocycles. The second-order valence-corrected chi connectivity index (χ2v) is 7.85. The van der Waals surface area contributed by atoms with Crippen LogP contribution in [0.1, 0.15) is 58.4 Å². The molecule has 0 unspecified atom stereocenters. The molecule has 0 aromatic heterocycles. The molecule has 0 amide bonds. The molecule has 164 valence electrons. The third kappa shape index (κ3) is 7.56. The second kappa shape index (κ2) is 11.9. The molecule has 0 spiro atoms. The summed E-state index contributed by atoms with van der Waals surface area (Å²) >= 11 is 0. The Morgan fingerprint density at radius 3 is 1.90 bits per heavy atom. The van der Waals surface area contributed by atoms with Gasteiger partial charge in [-0.3, -0.25) is 0 Å². The minimum Gasteiger partial charge on any atom is -0.423 e. The first-order valence-electron chi connectivity index (χ1n) is 10.8. The molecule has 31 heavy (non-hydrogen) atoms. The number of esters is 2. The maximum atomic E-state index is 11.9. The molecule has 0 saturated heterocycles. The Balaban J connectivity index is 2.24. The Labute approximate surface area is 185 Å². The third-order valence-corrected chi connectivity index (χ3v) is 4.91. The van der Waals surface area contributed by atoms with Crippen molar-refractivity contribution in [3.63, 3.8) is 0 Å². The lowest BCUT2D eigenvalue weighted by Gasteiger charge is -2.13. The van der Waals surface area contributed by atoms with Gasteiger partial charge in [-0.05, 0) is 67.6 Å². The van der Waals surface area contributed by atoms with Crippen LogP contribution in [0, 0.1) is 0 Å². The number of ether oxygens (including phenoxy) is 2. The number of benzene rings is 2. The first-order valence-corrected chi connectivity index (χ1v) is 10.8. The first-order chi connectivity index (χ1) is 14.8. The van der Waals surface area contributed by atoms with Crippen LogP contribution in [0.2, 0.25) is 0 Å². The van der Waals surface area contributed by atoms with Crippen molar-refractivity contribution in [2.24, 2.45) is 0 Å². The summed E-state index contributed by atoms with van der Waals surface area (Å²) in [6, 6.07) is 13.1. The van der Waals surface area contributed by atoms with Gasteiger partial charge in [0.2, 0.25) is 0 Å². The first kappa shape index (κ1) is 24.1. The van der Waals surface area contributed by atoms with Gasteiger partial charge in [0.15, 0.2) is 0 Å². The van der Waals surface area contributed by atoms with E-state index in [0.717, 1.165) is 29.5 Å². The summed E-state index contributed by atoms with van der Waals surface area (Å²) in [5.74, 6) is 0.131. The van der Waals surface area contributed by atoms with Gasteiger partial charge < -0.3 is 9.47 Å². The summed E-state index contributed by atoms with van der Waals surface area (Å²) in [6.45, 7) is 12.7. The summed E-state index contributed by atoms with van der Waals surface area (Å²) in [5.41, 5.74) is 3.93. The van der Waals surface area contributed by atoms with Crippen molar-refractivity contribution in [1.82, 2.24) is 0 Å². The summed E-state index contributed by atoms with van der Waals surface area (Å²) in [4.78, 5) is 23.6. The Bertz CT molecular complexity index is 938. The van der Waals surface area contributed by atoms with Gasteiger partial charge >= 0.3 is 11.9 Å². The molecular weight excluding hydrogens is 388 g/mol. The van der Waals surface area contributed by atoms with Crippen molar-refractivity contribution in [2.45, 2.75) is 59.3 Å². The van der Waals surface area contributed by atoms with E-state index in [2.05, 4.69) is 20.1 Å². The number of unbranched alkanes of at least 4 members (excludes halogenated alkanes) is 4. The van der Waals surface area contributed by atoms with E-state index < -0.39 is 11.9 Å². The number of carbonyl (C=O) groups is 2. The molecule has 0 aliphatic rings. The van der Waals surface area contributed by atoms with E-state index in [9.17, 15) is 9.59 Å².